The van der Waals surface area contributed by atoms with Crippen molar-refractivity contribution in [2.24, 2.45) is 11.3 Å². The summed E-state index contributed by atoms with van der Waals surface area (Å²) in [5.41, 5.74) is 0.569. The number of benzene rings is 1. The van der Waals surface area contributed by atoms with Gasteiger partial charge in [-0.15, -0.1) is 0 Å². The van der Waals surface area contributed by atoms with Crippen LogP contribution in [0.15, 0.2) is 34.9 Å². The van der Waals surface area contributed by atoms with Crippen LogP contribution in [0.4, 0.5) is 5.95 Å². The highest BCUT2D eigenvalue weighted by atomic mass is 16.5. The van der Waals surface area contributed by atoms with Crippen molar-refractivity contribution >= 4 is 11.9 Å². The van der Waals surface area contributed by atoms with Crippen LogP contribution in [0, 0.1) is 11.3 Å². The summed E-state index contributed by atoms with van der Waals surface area (Å²) in [4.78, 5) is 18.7. The smallest absolute Gasteiger partial charge is 0.266 e. The lowest BCUT2D eigenvalue weighted by Gasteiger charge is -2.32. The summed E-state index contributed by atoms with van der Waals surface area (Å²) < 4.78 is 5.41. The highest BCUT2D eigenvalue weighted by Crippen LogP contribution is 2.24. The molecule has 134 valence electrons. The number of hydrogen-bond donors (Lipinski definition) is 1. The van der Waals surface area contributed by atoms with Gasteiger partial charge in [0.25, 0.3) is 11.8 Å². The Morgan fingerprint density at radius 3 is 2.80 bits per heavy atom. The third-order valence-corrected chi connectivity index (χ3v) is 4.47. The van der Waals surface area contributed by atoms with E-state index in [-0.39, 0.29) is 11.3 Å². The zero-order valence-electron chi connectivity index (χ0n) is 15.2. The number of carbonyl (C=O) groups excluding carboxylic acids is 1. The molecule has 6 nitrogen and oxygen atoms in total. The highest BCUT2D eigenvalue weighted by Gasteiger charge is 2.26. The second-order valence-corrected chi connectivity index (χ2v) is 7.68. The maximum atomic E-state index is 12.1. The van der Waals surface area contributed by atoms with E-state index in [1.807, 2.05) is 51.1 Å². The van der Waals surface area contributed by atoms with E-state index in [4.69, 9.17) is 4.52 Å². The summed E-state index contributed by atoms with van der Waals surface area (Å²) >= 11 is 0. The molecule has 1 unspecified atom stereocenters. The first-order valence-corrected chi connectivity index (χ1v) is 8.86. The molecule has 1 saturated heterocycles. The molecule has 1 aliphatic heterocycles. The van der Waals surface area contributed by atoms with Gasteiger partial charge in [-0.25, -0.2) is 0 Å². The third-order valence-electron chi connectivity index (χ3n) is 4.47. The van der Waals surface area contributed by atoms with Crippen LogP contribution in [0.1, 0.15) is 33.6 Å². The summed E-state index contributed by atoms with van der Waals surface area (Å²) in [6, 6.07) is 9.78. The summed E-state index contributed by atoms with van der Waals surface area (Å²) in [5.74, 6) is 1.67. The average Bonchev–Trinajstić information content (AvgIpc) is 3.10. The van der Waals surface area contributed by atoms with Gasteiger partial charge in [0.05, 0.1) is 0 Å². The lowest BCUT2D eigenvalue weighted by atomic mass is 9.94. The first-order chi connectivity index (χ1) is 11.9. The molecule has 1 amide bonds. The van der Waals surface area contributed by atoms with Gasteiger partial charge in [-0.05, 0) is 36.0 Å². The first-order valence-electron chi connectivity index (χ1n) is 8.86. The fourth-order valence-corrected chi connectivity index (χ4v) is 2.96. The second kappa shape index (κ2) is 7.25. The van der Waals surface area contributed by atoms with Gasteiger partial charge in [0.2, 0.25) is 5.91 Å². The first kappa shape index (κ1) is 17.5. The molecule has 1 aromatic heterocycles. The Kier molecular flexibility index (Phi) is 5.06. The van der Waals surface area contributed by atoms with Crippen LogP contribution in [-0.2, 0) is 4.79 Å². The van der Waals surface area contributed by atoms with Crippen molar-refractivity contribution in [2.45, 2.75) is 33.6 Å². The van der Waals surface area contributed by atoms with Crippen LogP contribution >= 0.6 is 0 Å². The van der Waals surface area contributed by atoms with Crippen LogP contribution in [0.5, 0.6) is 0 Å². The van der Waals surface area contributed by atoms with Crippen LogP contribution in [0.25, 0.3) is 11.5 Å². The Morgan fingerprint density at radius 2 is 2.08 bits per heavy atom. The molecule has 6 heteroatoms. The SMILES string of the molecule is CC(C)(C)C(=O)NCC1CCCN(c2noc(-c3ccccc3)n2)C1. The Morgan fingerprint density at radius 1 is 1.32 bits per heavy atom. The summed E-state index contributed by atoms with van der Waals surface area (Å²) in [5, 5.41) is 7.20. The molecule has 2 heterocycles. The van der Waals surface area contributed by atoms with Gasteiger partial charge in [-0.3, -0.25) is 4.79 Å². The lowest BCUT2D eigenvalue weighted by molar-refractivity contribution is -0.128. The number of piperidine rings is 1. The lowest BCUT2D eigenvalue weighted by Crippen LogP contribution is -2.43. The molecule has 0 spiro atoms. The molecule has 1 aromatic carbocycles. The maximum Gasteiger partial charge on any atom is 0.266 e. The molecule has 1 fully saturated rings. The monoisotopic (exact) mass is 342 g/mol. The van der Waals surface area contributed by atoms with Crippen LogP contribution in [0.3, 0.4) is 0 Å². The van der Waals surface area contributed by atoms with Crippen LogP contribution < -0.4 is 10.2 Å². The Balaban J connectivity index is 1.60. The summed E-state index contributed by atoms with van der Waals surface area (Å²) in [7, 11) is 0. The number of hydrogen-bond acceptors (Lipinski definition) is 5. The number of carbonyl (C=O) groups is 1. The van der Waals surface area contributed by atoms with Crippen molar-refractivity contribution in [1.29, 1.82) is 0 Å². The largest absolute Gasteiger partial charge is 0.355 e. The number of nitrogens with one attached hydrogen (secondary N) is 1. The van der Waals surface area contributed by atoms with Crippen molar-refractivity contribution in [2.75, 3.05) is 24.5 Å². The molecular formula is C19H26N4O2. The van der Waals surface area contributed by atoms with Crippen LogP contribution in [0.2, 0.25) is 0 Å². The molecule has 1 atom stereocenters. The molecule has 3 rings (SSSR count). The number of amides is 1. The van der Waals surface area contributed by atoms with E-state index < -0.39 is 0 Å². The molecule has 0 saturated carbocycles. The van der Waals surface area contributed by atoms with Crippen molar-refractivity contribution in [1.82, 2.24) is 15.5 Å². The minimum Gasteiger partial charge on any atom is -0.355 e. The van der Waals surface area contributed by atoms with E-state index in [2.05, 4.69) is 20.4 Å². The van der Waals surface area contributed by atoms with Gasteiger partial charge in [0.15, 0.2) is 0 Å². The van der Waals surface area contributed by atoms with Crippen molar-refractivity contribution in [3.63, 3.8) is 0 Å². The molecule has 1 aliphatic rings. The van der Waals surface area contributed by atoms with Crippen molar-refractivity contribution in [3.8, 4) is 11.5 Å². The van der Waals surface area contributed by atoms with E-state index in [9.17, 15) is 4.79 Å². The predicted molar refractivity (Wildman–Crippen MR) is 97.1 cm³/mol. The Hall–Kier alpha value is -2.37. The van der Waals surface area contributed by atoms with E-state index in [1.54, 1.807) is 0 Å². The van der Waals surface area contributed by atoms with Gasteiger partial charge >= 0.3 is 0 Å². The van der Waals surface area contributed by atoms with Crippen molar-refractivity contribution < 1.29 is 9.32 Å². The van der Waals surface area contributed by atoms with Gasteiger partial charge in [-0.1, -0.05) is 39.0 Å². The minimum atomic E-state index is -0.355. The fraction of sp³-hybridized carbons (Fsp3) is 0.526. The molecule has 0 aliphatic carbocycles. The zero-order chi connectivity index (χ0) is 17.9. The molecule has 0 bridgehead atoms. The minimum absolute atomic E-state index is 0.0931. The standard InChI is InChI=1S/C19H26N4O2/c1-19(2,3)17(24)20-12-14-8-7-11-23(13-14)18-21-16(25-22-18)15-9-5-4-6-10-15/h4-6,9-10,14H,7-8,11-13H2,1-3H3,(H,20,24). The molecule has 1 N–H and O–H groups in total. The average molecular weight is 342 g/mol. The van der Waals surface area contributed by atoms with Crippen LogP contribution in [-0.4, -0.2) is 35.7 Å². The van der Waals surface area contributed by atoms with Gasteiger partial charge < -0.3 is 14.7 Å². The van der Waals surface area contributed by atoms with E-state index in [0.29, 0.717) is 24.3 Å². The normalized spacial score (nSPS) is 18.2. The molecule has 2 aromatic rings. The quantitative estimate of drug-likeness (QED) is 0.924. The van der Waals surface area contributed by atoms with Crippen molar-refractivity contribution in [3.05, 3.63) is 30.3 Å². The number of nitrogens with zero attached hydrogens (tertiary/aromatic N) is 3. The zero-order valence-corrected chi connectivity index (χ0v) is 15.2. The van der Waals surface area contributed by atoms with Gasteiger partial charge in [0, 0.05) is 30.6 Å². The predicted octanol–water partition coefficient (Wildman–Crippen LogP) is 3.12. The van der Waals surface area contributed by atoms with Gasteiger partial charge in [0.1, 0.15) is 0 Å². The third kappa shape index (κ3) is 4.38. The molecule has 0 radical (unpaired) electrons. The molecular weight excluding hydrogens is 316 g/mol. The maximum absolute atomic E-state index is 12.1. The Bertz CT molecular complexity index is 706. The van der Waals surface area contributed by atoms with E-state index >= 15 is 0 Å². The number of aromatic nitrogens is 2. The van der Waals surface area contributed by atoms with E-state index in [1.165, 1.54) is 0 Å². The highest BCUT2D eigenvalue weighted by molar-refractivity contribution is 5.81. The second-order valence-electron chi connectivity index (χ2n) is 7.68. The van der Waals surface area contributed by atoms with Gasteiger partial charge in [-0.2, -0.15) is 4.98 Å². The Labute approximate surface area is 148 Å². The topological polar surface area (TPSA) is 71.3 Å². The van der Waals surface area contributed by atoms with E-state index in [0.717, 1.165) is 31.5 Å². The summed E-state index contributed by atoms with van der Waals surface area (Å²) in [6.07, 6.45) is 2.16. The number of rotatable bonds is 4. The summed E-state index contributed by atoms with van der Waals surface area (Å²) in [6.45, 7) is 8.23. The molecule has 25 heavy (non-hydrogen) atoms. The fourth-order valence-electron chi connectivity index (χ4n) is 2.96. The number of anilines is 1.